The highest BCUT2D eigenvalue weighted by Gasteiger charge is 2.34. The molecule has 0 unspecified atom stereocenters. The number of ketones is 1. The number of hydrogen-bond acceptors (Lipinski definition) is 6. The summed E-state index contributed by atoms with van der Waals surface area (Å²) in [6.07, 6.45) is 0.999. The number of benzene rings is 1. The van der Waals surface area contributed by atoms with Crippen LogP contribution >= 0.6 is 0 Å². The Morgan fingerprint density at radius 1 is 1.23 bits per heavy atom. The minimum absolute atomic E-state index is 0.00501. The summed E-state index contributed by atoms with van der Waals surface area (Å²) in [6, 6.07) is 7.02. The number of nitrogens with zero attached hydrogens (tertiary/aromatic N) is 2. The number of alkyl halides is 3. The zero-order valence-corrected chi connectivity index (χ0v) is 16.3. The fourth-order valence-electron chi connectivity index (χ4n) is 2.65. The van der Waals surface area contributed by atoms with Crippen molar-refractivity contribution in [2.24, 2.45) is 11.1 Å². The summed E-state index contributed by atoms with van der Waals surface area (Å²) in [6.45, 7) is 0.0477. The third-order valence-corrected chi connectivity index (χ3v) is 4.47. The maximum absolute atomic E-state index is 12.9. The molecule has 0 spiro atoms. The van der Waals surface area contributed by atoms with Crippen molar-refractivity contribution < 1.29 is 32.3 Å². The Labute approximate surface area is 171 Å². The number of methoxy groups -OCH3 is 1. The second-order valence-electron chi connectivity index (χ2n) is 6.83. The summed E-state index contributed by atoms with van der Waals surface area (Å²) in [7, 11) is 1.18. The molecule has 0 bridgehead atoms. The van der Waals surface area contributed by atoms with E-state index >= 15 is 0 Å². The van der Waals surface area contributed by atoms with Gasteiger partial charge in [-0.3, -0.25) is 4.79 Å². The number of rotatable bonds is 10. The Morgan fingerprint density at radius 3 is 2.63 bits per heavy atom. The molecule has 1 aliphatic rings. The van der Waals surface area contributed by atoms with Crippen LogP contribution in [0.4, 0.5) is 13.2 Å². The fraction of sp³-hybridized carbons (Fsp3) is 0.381. The van der Waals surface area contributed by atoms with Crippen LogP contribution in [0.3, 0.4) is 0 Å². The molecule has 9 heteroatoms. The van der Waals surface area contributed by atoms with Gasteiger partial charge in [0.2, 0.25) is 5.88 Å². The maximum atomic E-state index is 12.9. The van der Waals surface area contributed by atoms with Crippen molar-refractivity contribution in [3.05, 3.63) is 53.2 Å². The predicted octanol–water partition coefficient (Wildman–Crippen LogP) is 4.21. The number of carbonyl (C=O) groups is 1. The second-order valence-corrected chi connectivity index (χ2v) is 6.83. The quantitative estimate of drug-likeness (QED) is 0.424. The summed E-state index contributed by atoms with van der Waals surface area (Å²) in [5, 5.41) is 3.81. The molecule has 2 aromatic rings. The van der Waals surface area contributed by atoms with Gasteiger partial charge in [-0.05, 0) is 36.1 Å². The molecule has 0 aliphatic heterocycles. The van der Waals surface area contributed by atoms with Crippen molar-refractivity contribution in [3.63, 3.8) is 0 Å². The molecule has 1 fully saturated rings. The Kier molecular flexibility index (Phi) is 6.91. The minimum Gasteiger partial charge on any atom is -0.496 e. The summed E-state index contributed by atoms with van der Waals surface area (Å²) in [5.41, 5.74) is 0.523. The summed E-state index contributed by atoms with van der Waals surface area (Å²) >= 11 is 0. The average molecular weight is 422 g/mol. The highest BCUT2D eigenvalue weighted by molar-refractivity contribution is 5.84. The number of Topliss-reactive ketones (excluding diaryl/α,β-unsaturated/α-hetero) is 1. The lowest BCUT2D eigenvalue weighted by Gasteiger charge is -2.12. The molecule has 1 aliphatic carbocycles. The van der Waals surface area contributed by atoms with Gasteiger partial charge in [0.15, 0.2) is 5.78 Å². The Hall–Kier alpha value is -3.10. The normalized spacial score (nSPS) is 14.0. The zero-order chi connectivity index (χ0) is 21.6. The molecule has 1 heterocycles. The molecule has 1 aromatic carbocycles. The van der Waals surface area contributed by atoms with Gasteiger partial charge in [-0.2, -0.15) is 13.2 Å². The summed E-state index contributed by atoms with van der Waals surface area (Å²) in [5.74, 6) is 0.386. The SMILES string of the molecule is COc1cc(CON=CCc2ccc(OCC(=O)C3CC3)nc2)ccc1C(F)(F)F. The van der Waals surface area contributed by atoms with Crippen LogP contribution in [0.15, 0.2) is 41.7 Å². The Balaban J connectivity index is 1.43. The van der Waals surface area contributed by atoms with Crippen LogP contribution in [0, 0.1) is 5.92 Å². The topological polar surface area (TPSA) is 70.0 Å². The van der Waals surface area contributed by atoms with Gasteiger partial charge in [-0.25, -0.2) is 4.98 Å². The maximum Gasteiger partial charge on any atom is 0.419 e. The van der Waals surface area contributed by atoms with E-state index in [0.717, 1.165) is 24.5 Å². The molecule has 0 atom stereocenters. The van der Waals surface area contributed by atoms with Crippen LogP contribution in [0.5, 0.6) is 11.6 Å². The van der Waals surface area contributed by atoms with E-state index in [-0.39, 0.29) is 30.7 Å². The number of aromatic nitrogens is 1. The first-order valence-electron chi connectivity index (χ1n) is 9.35. The molecular formula is C21H21F3N2O4. The zero-order valence-electron chi connectivity index (χ0n) is 16.3. The van der Waals surface area contributed by atoms with Crippen LogP contribution in [0.2, 0.25) is 0 Å². The van der Waals surface area contributed by atoms with Gasteiger partial charge in [-0.15, -0.1) is 0 Å². The first-order valence-corrected chi connectivity index (χ1v) is 9.35. The van der Waals surface area contributed by atoms with E-state index in [4.69, 9.17) is 14.3 Å². The van der Waals surface area contributed by atoms with Crippen molar-refractivity contribution in [3.8, 4) is 11.6 Å². The number of pyridine rings is 1. The van der Waals surface area contributed by atoms with E-state index < -0.39 is 11.7 Å². The molecule has 0 saturated heterocycles. The Bertz CT molecular complexity index is 894. The largest absolute Gasteiger partial charge is 0.496 e. The molecule has 0 N–H and O–H groups in total. The van der Waals surface area contributed by atoms with Crippen LogP contribution in [0.1, 0.15) is 29.5 Å². The molecule has 0 amide bonds. The highest BCUT2D eigenvalue weighted by Crippen LogP contribution is 2.36. The van der Waals surface area contributed by atoms with Crippen molar-refractivity contribution in [1.29, 1.82) is 0 Å². The molecule has 1 saturated carbocycles. The summed E-state index contributed by atoms with van der Waals surface area (Å²) < 4.78 is 48.7. The van der Waals surface area contributed by atoms with Crippen molar-refractivity contribution >= 4 is 12.0 Å². The lowest BCUT2D eigenvalue weighted by atomic mass is 10.1. The van der Waals surface area contributed by atoms with Crippen LogP contribution < -0.4 is 9.47 Å². The lowest BCUT2D eigenvalue weighted by Crippen LogP contribution is -2.13. The Morgan fingerprint density at radius 2 is 2.00 bits per heavy atom. The van der Waals surface area contributed by atoms with Gasteiger partial charge in [0.05, 0.1) is 12.7 Å². The van der Waals surface area contributed by atoms with Crippen LogP contribution in [-0.2, 0) is 28.8 Å². The molecule has 3 rings (SSSR count). The van der Waals surface area contributed by atoms with Crippen LogP contribution in [0.25, 0.3) is 0 Å². The van der Waals surface area contributed by atoms with E-state index in [1.807, 2.05) is 0 Å². The van der Waals surface area contributed by atoms with Crippen LogP contribution in [-0.4, -0.2) is 30.7 Å². The third kappa shape index (κ3) is 6.20. The first-order chi connectivity index (χ1) is 14.4. The second kappa shape index (κ2) is 9.60. The average Bonchev–Trinajstić information content (AvgIpc) is 3.57. The van der Waals surface area contributed by atoms with Gasteiger partial charge >= 0.3 is 6.18 Å². The minimum atomic E-state index is -4.48. The number of carbonyl (C=O) groups excluding carboxylic acids is 1. The van der Waals surface area contributed by atoms with E-state index in [0.29, 0.717) is 17.9 Å². The standard InChI is InChI=1S/C21H21F3N2O4/c1-28-19-10-15(2-6-17(19)21(22,23)24)12-30-26-9-8-14-3-7-20(25-11-14)29-13-18(27)16-4-5-16/h2-3,6-7,9-11,16H,4-5,8,12-13H2,1H3. The third-order valence-electron chi connectivity index (χ3n) is 4.47. The number of halogens is 3. The van der Waals surface area contributed by atoms with Crippen molar-refractivity contribution in [1.82, 2.24) is 4.98 Å². The molecule has 6 nitrogen and oxygen atoms in total. The molecule has 1 aromatic heterocycles. The molecule has 0 radical (unpaired) electrons. The summed E-state index contributed by atoms with van der Waals surface area (Å²) in [4.78, 5) is 20.9. The highest BCUT2D eigenvalue weighted by atomic mass is 19.4. The van der Waals surface area contributed by atoms with Gasteiger partial charge in [0, 0.05) is 30.8 Å². The predicted molar refractivity (Wildman–Crippen MR) is 102 cm³/mol. The van der Waals surface area contributed by atoms with Crippen molar-refractivity contribution in [2.75, 3.05) is 13.7 Å². The van der Waals surface area contributed by atoms with E-state index in [1.54, 1.807) is 18.3 Å². The van der Waals surface area contributed by atoms with Gasteiger partial charge < -0.3 is 14.3 Å². The van der Waals surface area contributed by atoms with E-state index in [2.05, 4.69) is 10.1 Å². The molecule has 30 heavy (non-hydrogen) atoms. The number of hydrogen-bond donors (Lipinski definition) is 0. The number of ether oxygens (including phenoxy) is 2. The van der Waals surface area contributed by atoms with Gasteiger partial charge in [-0.1, -0.05) is 17.3 Å². The van der Waals surface area contributed by atoms with Crippen molar-refractivity contribution in [2.45, 2.75) is 32.0 Å². The monoisotopic (exact) mass is 422 g/mol. The smallest absolute Gasteiger partial charge is 0.419 e. The lowest BCUT2D eigenvalue weighted by molar-refractivity contribution is -0.138. The van der Waals surface area contributed by atoms with Gasteiger partial charge in [0.1, 0.15) is 19.0 Å². The first kappa shape index (κ1) is 21.6. The molecular weight excluding hydrogens is 401 g/mol. The molecule has 160 valence electrons. The fourth-order valence-corrected chi connectivity index (χ4v) is 2.65. The van der Waals surface area contributed by atoms with Gasteiger partial charge in [0.25, 0.3) is 0 Å². The number of oxime groups is 1. The van der Waals surface area contributed by atoms with E-state index in [1.165, 1.54) is 25.5 Å². The van der Waals surface area contributed by atoms with E-state index in [9.17, 15) is 18.0 Å².